The smallest absolute Gasteiger partial charge is 0.315 e. The number of aromatic nitrogens is 2. The third-order valence-electron chi connectivity index (χ3n) is 4.67. The monoisotopic (exact) mass is 399 g/mol. The molecule has 0 saturated heterocycles. The normalized spacial score (nSPS) is 11.1. The van der Waals surface area contributed by atoms with Crippen LogP contribution in [0.3, 0.4) is 0 Å². The van der Waals surface area contributed by atoms with Crippen LogP contribution in [0.4, 0.5) is 4.79 Å². The van der Waals surface area contributed by atoms with Crippen molar-refractivity contribution >= 4 is 23.3 Å². The summed E-state index contributed by atoms with van der Waals surface area (Å²) in [5, 5.41) is 6.35. The van der Waals surface area contributed by atoms with Gasteiger partial charge in [-0.25, -0.2) is 9.78 Å². The van der Waals surface area contributed by atoms with Gasteiger partial charge in [-0.1, -0.05) is 49.7 Å². The molecule has 7 heteroatoms. The van der Waals surface area contributed by atoms with Crippen LogP contribution in [0.5, 0.6) is 0 Å². The number of rotatable bonds is 8. The molecule has 6 nitrogen and oxygen atoms in total. The summed E-state index contributed by atoms with van der Waals surface area (Å²) in [5.74, 6) is 0. The van der Waals surface area contributed by atoms with Crippen molar-refractivity contribution in [2.45, 2.75) is 33.5 Å². The fourth-order valence-corrected chi connectivity index (χ4v) is 3.15. The number of amides is 2. The second kappa shape index (κ2) is 9.57. The lowest BCUT2D eigenvalue weighted by atomic mass is 10.1. The fourth-order valence-electron chi connectivity index (χ4n) is 2.99. The Morgan fingerprint density at radius 1 is 1.00 bits per heavy atom. The zero-order valence-electron chi connectivity index (χ0n) is 16.3. The number of pyridine rings is 1. The Labute approximate surface area is 170 Å². The van der Waals surface area contributed by atoms with Gasteiger partial charge in [0, 0.05) is 25.5 Å². The van der Waals surface area contributed by atoms with E-state index < -0.39 is 0 Å². The van der Waals surface area contributed by atoms with E-state index in [0.717, 1.165) is 36.5 Å². The Hall–Kier alpha value is -2.57. The molecule has 0 unspecified atom stereocenters. The first-order valence-electron chi connectivity index (χ1n) is 9.52. The van der Waals surface area contributed by atoms with Crippen LogP contribution in [0, 0.1) is 0 Å². The molecule has 148 valence electrons. The molecule has 0 spiro atoms. The van der Waals surface area contributed by atoms with Crippen LogP contribution in [-0.4, -0.2) is 33.4 Å². The second-order valence-corrected chi connectivity index (χ2v) is 7.10. The summed E-state index contributed by atoms with van der Waals surface area (Å²) in [7, 11) is 0. The highest BCUT2D eigenvalue weighted by atomic mass is 35.5. The van der Waals surface area contributed by atoms with Gasteiger partial charge >= 0.3 is 6.03 Å². The van der Waals surface area contributed by atoms with Crippen LogP contribution in [0.15, 0.2) is 48.8 Å². The molecule has 0 saturated carbocycles. The van der Waals surface area contributed by atoms with Gasteiger partial charge in [0.05, 0.1) is 17.3 Å². The molecule has 0 aliphatic carbocycles. The molecule has 3 aromatic rings. The highest BCUT2D eigenvalue weighted by molar-refractivity contribution is 6.30. The van der Waals surface area contributed by atoms with Gasteiger partial charge in [0.1, 0.15) is 5.65 Å². The van der Waals surface area contributed by atoms with Crippen LogP contribution in [0.1, 0.15) is 30.7 Å². The molecular weight excluding hydrogens is 374 g/mol. The van der Waals surface area contributed by atoms with Crippen molar-refractivity contribution in [1.29, 1.82) is 0 Å². The number of nitrogens with one attached hydrogen (secondary N) is 2. The lowest BCUT2D eigenvalue weighted by Crippen LogP contribution is -2.34. The van der Waals surface area contributed by atoms with Crippen molar-refractivity contribution < 1.29 is 4.79 Å². The molecule has 0 aliphatic heterocycles. The molecule has 1 aromatic carbocycles. The van der Waals surface area contributed by atoms with Crippen LogP contribution in [0.25, 0.3) is 5.65 Å². The predicted octanol–water partition coefficient (Wildman–Crippen LogP) is 3.83. The third-order valence-corrected chi connectivity index (χ3v) is 4.90. The van der Waals surface area contributed by atoms with Gasteiger partial charge in [0.15, 0.2) is 0 Å². The van der Waals surface area contributed by atoms with Gasteiger partial charge in [-0.15, -0.1) is 0 Å². The van der Waals surface area contributed by atoms with E-state index in [9.17, 15) is 4.79 Å². The summed E-state index contributed by atoms with van der Waals surface area (Å²) in [6, 6.07) is 11.8. The van der Waals surface area contributed by atoms with Crippen molar-refractivity contribution in [2.75, 3.05) is 13.1 Å². The number of carbonyl (C=O) groups excluding carboxylic acids is 1. The molecule has 0 atom stereocenters. The first-order valence-corrected chi connectivity index (χ1v) is 9.90. The minimum absolute atomic E-state index is 0.220. The summed E-state index contributed by atoms with van der Waals surface area (Å²) in [6.07, 6.45) is 3.65. The lowest BCUT2D eigenvalue weighted by Gasteiger charge is -2.18. The molecular formula is C21H26ClN5O. The van der Waals surface area contributed by atoms with Crippen molar-refractivity contribution in [3.8, 4) is 0 Å². The van der Waals surface area contributed by atoms with E-state index in [-0.39, 0.29) is 6.03 Å². The number of nitrogens with zero attached hydrogens (tertiary/aromatic N) is 3. The summed E-state index contributed by atoms with van der Waals surface area (Å²) in [6.45, 7) is 8.21. The van der Waals surface area contributed by atoms with E-state index >= 15 is 0 Å². The number of benzene rings is 1. The lowest BCUT2D eigenvalue weighted by molar-refractivity contribution is 0.240. The third kappa shape index (κ3) is 5.47. The fraction of sp³-hybridized carbons (Fsp3) is 0.333. The van der Waals surface area contributed by atoms with E-state index in [4.69, 9.17) is 11.6 Å². The SMILES string of the molecule is CCN(CC)Cc1ccc(CNC(=O)NCc2cn3cc(Cl)ccc3n2)cc1. The van der Waals surface area contributed by atoms with Gasteiger partial charge in [-0.05, 0) is 36.3 Å². The predicted molar refractivity (Wildman–Crippen MR) is 112 cm³/mol. The second-order valence-electron chi connectivity index (χ2n) is 6.66. The van der Waals surface area contributed by atoms with Crippen molar-refractivity contribution in [3.05, 3.63) is 70.6 Å². The molecule has 0 fully saturated rings. The van der Waals surface area contributed by atoms with Crippen LogP contribution in [0.2, 0.25) is 5.02 Å². The first kappa shape index (κ1) is 20.2. The number of fused-ring (bicyclic) bond motifs is 1. The molecule has 0 aliphatic rings. The molecule has 2 amide bonds. The van der Waals surface area contributed by atoms with E-state index in [1.54, 1.807) is 12.3 Å². The zero-order chi connectivity index (χ0) is 19.9. The minimum Gasteiger partial charge on any atom is -0.334 e. The van der Waals surface area contributed by atoms with E-state index in [0.29, 0.717) is 18.1 Å². The number of urea groups is 1. The first-order chi connectivity index (χ1) is 13.6. The summed E-state index contributed by atoms with van der Waals surface area (Å²) < 4.78 is 1.84. The summed E-state index contributed by atoms with van der Waals surface area (Å²) in [4.78, 5) is 18.9. The molecule has 2 aromatic heterocycles. The average Bonchev–Trinajstić information content (AvgIpc) is 3.11. The largest absolute Gasteiger partial charge is 0.334 e. The highest BCUT2D eigenvalue weighted by Crippen LogP contribution is 2.11. The molecule has 2 heterocycles. The average molecular weight is 400 g/mol. The van der Waals surface area contributed by atoms with Crippen LogP contribution < -0.4 is 10.6 Å². The Balaban J connectivity index is 1.45. The molecule has 0 bridgehead atoms. The van der Waals surface area contributed by atoms with Gasteiger partial charge in [0.25, 0.3) is 0 Å². The number of imidazole rings is 1. The maximum Gasteiger partial charge on any atom is 0.315 e. The molecule has 28 heavy (non-hydrogen) atoms. The Morgan fingerprint density at radius 2 is 1.68 bits per heavy atom. The Kier molecular flexibility index (Phi) is 6.90. The Morgan fingerprint density at radius 3 is 2.39 bits per heavy atom. The summed E-state index contributed by atoms with van der Waals surface area (Å²) >= 11 is 5.97. The topological polar surface area (TPSA) is 61.7 Å². The molecule has 0 radical (unpaired) electrons. The number of carbonyl (C=O) groups is 1. The van der Waals surface area contributed by atoms with Gasteiger partial charge in [-0.2, -0.15) is 0 Å². The summed E-state index contributed by atoms with van der Waals surface area (Å²) in [5.41, 5.74) is 3.93. The van der Waals surface area contributed by atoms with Gasteiger partial charge < -0.3 is 15.0 Å². The van der Waals surface area contributed by atoms with Crippen molar-refractivity contribution in [1.82, 2.24) is 24.9 Å². The van der Waals surface area contributed by atoms with E-state index in [1.807, 2.05) is 16.7 Å². The quantitative estimate of drug-likeness (QED) is 0.605. The van der Waals surface area contributed by atoms with E-state index in [2.05, 4.69) is 58.6 Å². The molecule has 2 N–H and O–H groups in total. The van der Waals surface area contributed by atoms with Crippen LogP contribution >= 0.6 is 11.6 Å². The zero-order valence-corrected chi connectivity index (χ0v) is 17.0. The van der Waals surface area contributed by atoms with Gasteiger partial charge in [-0.3, -0.25) is 4.90 Å². The molecule has 3 rings (SSSR count). The van der Waals surface area contributed by atoms with Crippen molar-refractivity contribution in [2.24, 2.45) is 0 Å². The number of hydrogen-bond donors (Lipinski definition) is 2. The number of halogens is 1. The minimum atomic E-state index is -0.220. The number of hydrogen-bond acceptors (Lipinski definition) is 3. The van der Waals surface area contributed by atoms with Gasteiger partial charge in [0.2, 0.25) is 0 Å². The van der Waals surface area contributed by atoms with Crippen LogP contribution in [-0.2, 0) is 19.6 Å². The van der Waals surface area contributed by atoms with E-state index in [1.165, 1.54) is 5.56 Å². The Bertz CT molecular complexity index is 918. The highest BCUT2D eigenvalue weighted by Gasteiger charge is 2.06. The van der Waals surface area contributed by atoms with Crippen molar-refractivity contribution in [3.63, 3.8) is 0 Å². The maximum atomic E-state index is 12.1. The standard InChI is InChI=1S/C21H26ClN5O/c1-3-26(4-2)13-17-7-5-16(6-8-17)11-23-21(28)24-12-19-15-27-14-18(22)9-10-20(27)25-19/h5-10,14-15H,3-4,11-13H2,1-2H3,(H2,23,24,28). The maximum absolute atomic E-state index is 12.1.